The molecule has 0 radical (unpaired) electrons. The molecule has 1 rings (SSSR count). The molecule has 0 aromatic carbocycles. The number of nitrogens with two attached hydrogens (primary N) is 2. The molecule has 0 spiro atoms. The summed E-state index contributed by atoms with van der Waals surface area (Å²) in [5.74, 6) is -2.90. The number of primary amides is 1. The number of hydrogen-bond acceptors (Lipinski definition) is 8. The zero-order chi connectivity index (χ0) is 19.7. The molecule has 13 heteroatoms. The van der Waals surface area contributed by atoms with Gasteiger partial charge in [-0.05, 0) is 12.8 Å². The van der Waals surface area contributed by atoms with Crippen LogP contribution in [0.15, 0.2) is 4.52 Å². The van der Waals surface area contributed by atoms with Crippen LogP contribution in [0, 0.1) is 0 Å². The molecule has 13 nitrogen and oxygen atoms in total. The molecule has 1 aromatic heterocycles. The predicted molar refractivity (Wildman–Crippen MR) is 83.3 cm³/mol. The van der Waals surface area contributed by atoms with E-state index in [1.54, 1.807) is 0 Å². The Bertz CT molecular complexity index is 661. The van der Waals surface area contributed by atoms with Gasteiger partial charge in [-0.1, -0.05) is 5.16 Å². The van der Waals surface area contributed by atoms with Crippen molar-refractivity contribution in [2.45, 2.75) is 44.3 Å². The summed E-state index contributed by atoms with van der Waals surface area (Å²) in [7, 11) is 0. The average Bonchev–Trinajstić information content (AvgIpc) is 3.03. The zero-order valence-corrected chi connectivity index (χ0v) is 13.7. The Balaban J connectivity index is 2.47. The Morgan fingerprint density at radius 3 is 2.42 bits per heavy atom. The second-order valence-corrected chi connectivity index (χ2v) is 5.31. The highest BCUT2D eigenvalue weighted by Gasteiger charge is 2.21. The van der Waals surface area contributed by atoms with E-state index >= 15 is 0 Å². The van der Waals surface area contributed by atoms with Crippen LogP contribution in [0.4, 0.5) is 4.79 Å². The second-order valence-electron chi connectivity index (χ2n) is 5.31. The monoisotopic (exact) mass is 372 g/mol. The van der Waals surface area contributed by atoms with Crippen molar-refractivity contribution >= 4 is 23.9 Å². The fraction of sp³-hybridized carbons (Fsp3) is 0.538. The van der Waals surface area contributed by atoms with E-state index in [-0.39, 0.29) is 37.5 Å². The number of carbonyl (C=O) groups is 4. The van der Waals surface area contributed by atoms with Gasteiger partial charge in [0.1, 0.15) is 6.04 Å². The Morgan fingerprint density at radius 1 is 1.15 bits per heavy atom. The first kappa shape index (κ1) is 20.8. The Kier molecular flexibility index (Phi) is 7.95. The minimum atomic E-state index is -1.36. The van der Waals surface area contributed by atoms with Crippen LogP contribution in [0.25, 0.3) is 0 Å². The standard InChI is InChI=1S/C13H20N6O7/c14-6(1-3-8(15)20)11-18-9(26-19-11)5-16-13(25)17-7(12(23)24)2-4-10(21)22/h6-7H,1-5,14H2,(H2,15,20)(H,21,22)(H,23,24)(H2,16,17,25)/t6-,7-/m0/s1. The van der Waals surface area contributed by atoms with Crippen molar-refractivity contribution in [1.82, 2.24) is 20.8 Å². The van der Waals surface area contributed by atoms with Crippen molar-refractivity contribution in [1.29, 1.82) is 0 Å². The lowest BCUT2D eigenvalue weighted by molar-refractivity contribution is -0.140. The fourth-order valence-corrected chi connectivity index (χ4v) is 1.81. The predicted octanol–water partition coefficient (Wildman–Crippen LogP) is -1.55. The molecule has 8 N–H and O–H groups in total. The maximum Gasteiger partial charge on any atom is 0.326 e. The third kappa shape index (κ3) is 7.57. The Labute approximate surface area is 147 Å². The molecule has 1 aromatic rings. The van der Waals surface area contributed by atoms with Crippen molar-refractivity contribution in [3.63, 3.8) is 0 Å². The number of nitrogens with one attached hydrogen (secondary N) is 2. The van der Waals surface area contributed by atoms with Crippen molar-refractivity contribution in [2.75, 3.05) is 0 Å². The Hall–Kier alpha value is -3.22. The van der Waals surface area contributed by atoms with Crippen LogP contribution >= 0.6 is 0 Å². The van der Waals surface area contributed by atoms with E-state index in [0.29, 0.717) is 0 Å². The number of carbonyl (C=O) groups excluding carboxylic acids is 2. The van der Waals surface area contributed by atoms with Gasteiger partial charge in [-0.25, -0.2) is 9.59 Å². The summed E-state index contributed by atoms with van der Waals surface area (Å²) in [4.78, 5) is 47.8. The van der Waals surface area contributed by atoms with Crippen LogP contribution in [-0.2, 0) is 20.9 Å². The quantitative estimate of drug-likeness (QED) is 0.262. The van der Waals surface area contributed by atoms with Gasteiger partial charge in [0.05, 0.1) is 12.6 Å². The number of rotatable bonds is 11. The zero-order valence-electron chi connectivity index (χ0n) is 13.7. The summed E-state index contributed by atoms with van der Waals surface area (Å²) in [6.45, 7) is -0.202. The van der Waals surface area contributed by atoms with Gasteiger partial charge in [-0.2, -0.15) is 4.98 Å². The topological polar surface area (TPSA) is 224 Å². The number of aliphatic carboxylic acids is 2. The molecular formula is C13H20N6O7. The molecule has 0 saturated carbocycles. The number of aromatic nitrogens is 2. The minimum absolute atomic E-state index is 0.0158. The summed E-state index contributed by atoms with van der Waals surface area (Å²) in [5.41, 5.74) is 10.8. The van der Waals surface area contributed by atoms with Gasteiger partial charge in [0.15, 0.2) is 5.82 Å². The summed E-state index contributed by atoms with van der Waals surface area (Å²) < 4.78 is 4.88. The smallest absolute Gasteiger partial charge is 0.326 e. The van der Waals surface area contributed by atoms with Crippen LogP contribution in [0.3, 0.4) is 0 Å². The largest absolute Gasteiger partial charge is 0.481 e. The van der Waals surface area contributed by atoms with Crippen LogP contribution in [-0.4, -0.2) is 50.3 Å². The summed E-state index contributed by atoms with van der Waals surface area (Å²) in [6, 6.07) is -2.87. The highest BCUT2D eigenvalue weighted by Crippen LogP contribution is 2.12. The highest BCUT2D eigenvalue weighted by molar-refractivity contribution is 5.82. The van der Waals surface area contributed by atoms with E-state index in [0.717, 1.165) is 0 Å². The summed E-state index contributed by atoms with van der Waals surface area (Å²) in [5, 5.41) is 25.6. The van der Waals surface area contributed by atoms with Gasteiger partial charge in [-0.15, -0.1) is 0 Å². The van der Waals surface area contributed by atoms with Crippen LogP contribution in [0.1, 0.15) is 43.4 Å². The molecule has 0 aliphatic carbocycles. The normalized spacial score (nSPS) is 12.8. The lowest BCUT2D eigenvalue weighted by atomic mass is 10.1. The molecule has 144 valence electrons. The first-order chi connectivity index (χ1) is 12.2. The third-order valence-corrected chi connectivity index (χ3v) is 3.17. The minimum Gasteiger partial charge on any atom is -0.481 e. The maximum atomic E-state index is 11.7. The molecule has 0 aliphatic heterocycles. The van der Waals surface area contributed by atoms with Gasteiger partial charge < -0.3 is 36.8 Å². The molecule has 1 heterocycles. The van der Waals surface area contributed by atoms with Crippen molar-refractivity contribution < 1.29 is 33.9 Å². The Morgan fingerprint density at radius 2 is 1.85 bits per heavy atom. The van der Waals surface area contributed by atoms with E-state index in [2.05, 4.69) is 20.8 Å². The molecule has 0 saturated heterocycles. The molecule has 0 aliphatic rings. The molecule has 0 unspecified atom stereocenters. The first-order valence-electron chi connectivity index (χ1n) is 7.54. The lowest BCUT2D eigenvalue weighted by Crippen LogP contribution is -2.46. The highest BCUT2D eigenvalue weighted by atomic mass is 16.5. The molecule has 2 atom stereocenters. The second kappa shape index (κ2) is 9.93. The van der Waals surface area contributed by atoms with Crippen LogP contribution in [0.2, 0.25) is 0 Å². The summed E-state index contributed by atoms with van der Waals surface area (Å²) >= 11 is 0. The third-order valence-electron chi connectivity index (χ3n) is 3.17. The number of carboxylic acid groups (broad SMARTS) is 2. The number of nitrogens with zero attached hydrogens (tertiary/aromatic N) is 2. The van der Waals surface area contributed by atoms with E-state index < -0.39 is 42.4 Å². The number of urea groups is 1. The van der Waals surface area contributed by atoms with Gasteiger partial charge in [0.25, 0.3) is 0 Å². The molecule has 3 amide bonds. The summed E-state index contributed by atoms with van der Waals surface area (Å²) in [6.07, 6.45) is -0.393. The fourth-order valence-electron chi connectivity index (χ4n) is 1.81. The lowest BCUT2D eigenvalue weighted by Gasteiger charge is -2.13. The van der Waals surface area contributed by atoms with E-state index in [1.807, 2.05) is 0 Å². The van der Waals surface area contributed by atoms with Crippen molar-refractivity contribution in [2.24, 2.45) is 11.5 Å². The molecule has 0 bridgehead atoms. The van der Waals surface area contributed by atoms with Gasteiger partial charge in [-0.3, -0.25) is 9.59 Å². The number of carboxylic acids is 2. The van der Waals surface area contributed by atoms with Crippen molar-refractivity contribution in [3.8, 4) is 0 Å². The van der Waals surface area contributed by atoms with Gasteiger partial charge in [0, 0.05) is 12.8 Å². The van der Waals surface area contributed by atoms with Crippen LogP contribution < -0.4 is 22.1 Å². The molecular weight excluding hydrogens is 352 g/mol. The van der Waals surface area contributed by atoms with E-state index in [9.17, 15) is 19.2 Å². The molecule has 0 fully saturated rings. The number of amides is 3. The molecule has 26 heavy (non-hydrogen) atoms. The number of hydrogen-bond donors (Lipinski definition) is 6. The SMILES string of the molecule is NC(=O)CC[C@H](N)c1noc(CNC(=O)N[C@@H](CCC(=O)O)C(=O)O)n1. The van der Waals surface area contributed by atoms with Gasteiger partial charge >= 0.3 is 18.0 Å². The van der Waals surface area contributed by atoms with Crippen LogP contribution in [0.5, 0.6) is 0 Å². The maximum absolute atomic E-state index is 11.7. The van der Waals surface area contributed by atoms with Crippen molar-refractivity contribution in [3.05, 3.63) is 11.7 Å². The first-order valence-corrected chi connectivity index (χ1v) is 7.54. The van der Waals surface area contributed by atoms with E-state index in [4.69, 9.17) is 26.2 Å². The van der Waals surface area contributed by atoms with E-state index in [1.165, 1.54) is 0 Å². The average molecular weight is 372 g/mol. The van der Waals surface area contributed by atoms with Gasteiger partial charge in [0.2, 0.25) is 11.8 Å².